The molecule has 168 valence electrons. The van der Waals surface area contributed by atoms with Gasteiger partial charge >= 0.3 is 0 Å². The predicted molar refractivity (Wildman–Crippen MR) is 117 cm³/mol. The smallest absolute Gasteiger partial charge is 0.270 e. The van der Waals surface area contributed by atoms with E-state index >= 15 is 0 Å². The number of amides is 1. The monoisotopic (exact) mass is 454 g/mol. The normalized spacial score (nSPS) is 22.0. The maximum absolute atomic E-state index is 13.3. The summed E-state index contributed by atoms with van der Waals surface area (Å²) in [4.78, 5) is 17.3. The molecule has 1 aromatic carbocycles. The number of hydrogen-bond donors (Lipinski definition) is 2. The van der Waals surface area contributed by atoms with Crippen molar-refractivity contribution in [3.05, 3.63) is 65.9 Å². The van der Waals surface area contributed by atoms with E-state index in [0.29, 0.717) is 31.0 Å². The molecule has 32 heavy (non-hydrogen) atoms. The Kier molecular flexibility index (Phi) is 5.13. The molecule has 2 N–H and O–H groups in total. The standard InChI is InChI=1S/C22H26N6O3S/c1-27-13-20(23-15-27)32(30,31)28-11-5-10-22(14-28,17-6-3-2-4-7-17)24-21(29)19-12-18(25-26-19)16-8-9-16/h2-4,6-7,12-13,15-16H,5,8-11,14H2,1H3,(H,24,29)(H,25,26). The Morgan fingerprint density at radius 3 is 2.72 bits per heavy atom. The summed E-state index contributed by atoms with van der Waals surface area (Å²) in [5, 5.41) is 10.3. The fourth-order valence-corrected chi connectivity index (χ4v) is 5.87. The van der Waals surface area contributed by atoms with Gasteiger partial charge in [-0.25, -0.2) is 13.4 Å². The van der Waals surface area contributed by atoms with Crippen LogP contribution < -0.4 is 5.32 Å². The number of carbonyl (C=O) groups excluding carboxylic acids is 1. The molecule has 3 aromatic rings. The minimum Gasteiger partial charge on any atom is -0.340 e. The fraction of sp³-hybridized carbons (Fsp3) is 0.409. The van der Waals surface area contributed by atoms with E-state index in [-0.39, 0.29) is 17.5 Å². The first-order valence-electron chi connectivity index (χ1n) is 10.8. The van der Waals surface area contributed by atoms with Crippen molar-refractivity contribution in [1.82, 2.24) is 29.4 Å². The first-order valence-corrected chi connectivity index (χ1v) is 12.2. The summed E-state index contributed by atoms with van der Waals surface area (Å²) >= 11 is 0. The van der Waals surface area contributed by atoms with Gasteiger partial charge in [0, 0.05) is 32.3 Å². The van der Waals surface area contributed by atoms with Gasteiger partial charge in [-0.05, 0) is 37.3 Å². The van der Waals surface area contributed by atoms with Gasteiger partial charge in [0.2, 0.25) is 0 Å². The molecule has 9 nitrogen and oxygen atoms in total. The van der Waals surface area contributed by atoms with Gasteiger partial charge in [0.1, 0.15) is 5.69 Å². The molecule has 3 heterocycles. The number of aryl methyl sites for hydroxylation is 1. The topological polar surface area (TPSA) is 113 Å². The molecule has 1 saturated carbocycles. The molecule has 0 bridgehead atoms. The van der Waals surface area contributed by atoms with Crippen LogP contribution in [-0.4, -0.2) is 51.5 Å². The van der Waals surface area contributed by atoms with Gasteiger partial charge in [0.25, 0.3) is 15.9 Å². The number of sulfonamides is 1. The number of carbonyl (C=O) groups is 1. The first kappa shape index (κ1) is 20.9. The Morgan fingerprint density at radius 2 is 2.03 bits per heavy atom. The molecular weight excluding hydrogens is 428 g/mol. The van der Waals surface area contributed by atoms with Crippen LogP contribution in [0.15, 0.2) is 53.9 Å². The summed E-state index contributed by atoms with van der Waals surface area (Å²) < 4.78 is 29.6. The number of rotatable bonds is 6. The molecule has 1 unspecified atom stereocenters. The van der Waals surface area contributed by atoms with Crippen molar-refractivity contribution >= 4 is 15.9 Å². The number of piperidine rings is 1. The van der Waals surface area contributed by atoms with Crippen LogP contribution in [-0.2, 0) is 22.6 Å². The van der Waals surface area contributed by atoms with Crippen LogP contribution in [0.1, 0.15) is 53.3 Å². The first-order chi connectivity index (χ1) is 15.4. The van der Waals surface area contributed by atoms with Crippen LogP contribution in [0.3, 0.4) is 0 Å². The second-order valence-electron chi connectivity index (χ2n) is 8.70. The third-order valence-electron chi connectivity index (χ3n) is 6.26. The van der Waals surface area contributed by atoms with E-state index in [2.05, 4.69) is 20.5 Å². The minimum atomic E-state index is -3.79. The van der Waals surface area contributed by atoms with E-state index in [1.165, 1.54) is 16.8 Å². The molecule has 1 saturated heterocycles. The van der Waals surface area contributed by atoms with Gasteiger partial charge in [-0.2, -0.15) is 9.40 Å². The molecule has 1 aliphatic carbocycles. The van der Waals surface area contributed by atoms with Crippen molar-refractivity contribution in [1.29, 1.82) is 0 Å². The summed E-state index contributed by atoms with van der Waals surface area (Å²) in [6, 6.07) is 11.4. The van der Waals surface area contributed by atoms with Gasteiger partial charge in [-0.3, -0.25) is 9.89 Å². The van der Waals surface area contributed by atoms with Gasteiger partial charge < -0.3 is 9.88 Å². The van der Waals surface area contributed by atoms with Crippen molar-refractivity contribution in [3.8, 4) is 0 Å². The number of nitrogens with zero attached hydrogens (tertiary/aromatic N) is 4. The summed E-state index contributed by atoms with van der Waals surface area (Å²) in [5.74, 6) is 0.148. The SMILES string of the molecule is Cn1cnc(S(=O)(=O)N2CCCC(NC(=O)c3cc(C4CC4)n[nH]3)(c3ccccc3)C2)c1. The largest absolute Gasteiger partial charge is 0.340 e. The van der Waals surface area contributed by atoms with Gasteiger partial charge in [-0.15, -0.1) is 0 Å². The van der Waals surface area contributed by atoms with E-state index in [0.717, 1.165) is 24.1 Å². The Bertz CT molecular complexity index is 1230. The molecule has 2 fully saturated rings. The van der Waals surface area contributed by atoms with Crippen LogP contribution in [0, 0.1) is 0 Å². The van der Waals surface area contributed by atoms with Crippen molar-refractivity contribution in [2.45, 2.75) is 42.2 Å². The van der Waals surface area contributed by atoms with E-state index in [1.54, 1.807) is 17.7 Å². The highest BCUT2D eigenvalue weighted by Gasteiger charge is 2.43. The quantitative estimate of drug-likeness (QED) is 0.592. The highest BCUT2D eigenvalue weighted by atomic mass is 32.2. The molecule has 1 atom stereocenters. The summed E-state index contributed by atoms with van der Waals surface area (Å²) in [6.45, 7) is 0.504. The lowest BCUT2D eigenvalue weighted by Crippen LogP contribution is -2.57. The van der Waals surface area contributed by atoms with Crippen LogP contribution in [0.5, 0.6) is 0 Å². The third-order valence-corrected chi connectivity index (χ3v) is 7.99. The van der Waals surface area contributed by atoms with Crippen LogP contribution in [0.4, 0.5) is 0 Å². The maximum atomic E-state index is 13.3. The molecular formula is C22H26N6O3S. The van der Waals surface area contributed by atoms with Gasteiger partial charge in [0.05, 0.1) is 17.6 Å². The molecule has 2 aromatic heterocycles. The molecule has 5 rings (SSSR count). The average Bonchev–Trinajstić information content (AvgIpc) is 3.34. The molecule has 10 heteroatoms. The number of hydrogen-bond acceptors (Lipinski definition) is 5. The zero-order valence-electron chi connectivity index (χ0n) is 17.9. The lowest BCUT2D eigenvalue weighted by molar-refractivity contribution is 0.0839. The number of nitrogens with one attached hydrogen (secondary N) is 2. The number of benzene rings is 1. The van der Waals surface area contributed by atoms with Crippen molar-refractivity contribution in [2.75, 3.05) is 13.1 Å². The summed E-state index contributed by atoms with van der Waals surface area (Å²) in [7, 11) is -2.06. The lowest BCUT2D eigenvalue weighted by atomic mass is 9.82. The highest BCUT2D eigenvalue weighted by molar-refractivity contribution is 7.89. The van der Waals surface area contributed by atoms with Crippen molar-refractivity contribution in [2.24, 2.45) is 7.05 Å². The lowest BCUT2D eigenvalue weighted by Gasteiger charge is -2.42. The second-order valence-corrected chi connectivity index (χ2v) is 10.6. The Morgan fingerprint density at radius 1 is 1.25 bits per heavy atom. The van der Waals surface area contributed by atoms with Crippen LogP contribution in [0.2, 0.25) is 0 Å². The summed E-state index contributed by atoms with van der Waals surface area (Å²) in [5.41, 5.74) is 1.32. The number of imidazole rings is 1. The molecule has 1 amide bonds. The Labute approximate surface area is 186 Å². The van der Waals surface area contributed by atoms with Gasteiger partial charge in [0.15, 0.2) is 5.03 Å². The Hall–Kier alpha value is -2.98. The highest BCUT2D eigenvalue weighted by Crippen LogP contribution is 2.39. The molecule has 2 aliphatic rings. The van der Waals surface area contributed by atoms with E-state index < -0.39 is 15.6 Å². The van der Waals surface area contributed by atoms with Crippen molar-refractivity contribution < 1.29 is 13.2 Å². The Balaban J connectivity index is 1.47. The molecule has 0 spiro atoms. The maximum Gasteiger partial charge on any atom is 0.270 e. The zero-order valence-corrected chi connectivity index (χ0v) is 18.7. The van der Waals surface area contributed by atoms with Crippen LogP contribution >= 0.6 is 0 Å². The van der Waals surface area contributed by atoms with E-state index in [9.17, 15) is 13.2 Å². The molecule has 1 aliphatic heterocycles. The number of aromatic nitrogens is 4. The number of H-pyrrole nitrogens is 1. The fourth-order valence-electron chi connectivity index (χ4n) is 4.37. The third kappa shape index (κ3) is 3.84. The van der Waals surface area contributed by atoms with E-state index in [1.807, 2.05) is 30.3 Å². The molecule has 0 radical (unpaired) electrons. The zero-order chi connectivity index (χ0) is 22.3. The predicted octanol–water partition coefficient (Wildman–Crippen LogP) is 2.13. The van der Waals surface area contributed by atoms with Crippen molar-refractivity contribution in [3.63, 3.8) is 0 Å². The average molecular weight is 455 g/mol. The second kappa shape index (κ2) is 7.86. The van der Waals surface area contributed by atoms with E-state index in [4.69, 9.17) is 0 Å². The van der Waals surface area contributed by atoms with Gasteiger partial charge in [-0.1, -0.05) is 30.3 Å². The van der Waals surface area contributed by atoms with Crippen LogP contribution in [0.25, 0.3) is 0 Å². The summed E-state index contributed by atoms with van der Waals surface area (Å²) in [6.07, 6.45) is 6.40. The minimum absolute atomic E-state index is 0.0119. The number of aromatic amines is 1.